The van der Waals surface area contributed by atoms with Gasteiger partial charge in [-0.3, -0.25) is 0 Å². The van der Waals surface area contributed by atoms with Gasteiger partial charge in [-0.1, -0.05) is 36.7 Å². The normalized spacial score (nSPS) is 10.2. The zero-order chi connectivity index (χ0) is 16.7. The van der Waals surface area contributed by atoms with Crippen LogP contribution in [0.4, 0.5) is 10.5 Å². The largest absolute Gasteiger partial charge is 0.492 e. The van der Waals surface area contributed by atoms with Crippen LogP contribution < -0.4 is 15.4 Å². The first-order valence-electron chi connectivity index (χ1n) is 7.61. The van der Waals surface area contributed by atoms with E-state index in [4.69, 9.17) is 16.3 Å². The fourth-order valence-electron chi connectivity index (χ4n) is 2.05. The number of anilines is 1. The second-order valence-electron chi connectivity index (χ2n) is 5.19. The third-order valence-electron chi connectivity index (χ3n) is 3.44. The molecule has 0 aliphatic heterocycles. The number of aryl methyl sites for hydroxylation is 2. The minimum atomic E-state index is -0.278. The van der Waals surface area contributed by atoms with E-state index in [9.17, 15) is 4.79 Å². The Kier molecular flexibility index (Phi) is 6.29. The van der Waals surface area contributed by atoms with Crippen molar-refractivity contribution in [1.29, 1.82) is 0 Å². The van der Waals surface area contributed by atoms with Gasteiger partial charge in [0.25, 0.3) is 0 Å². The first-order chi connectivity index (χ1) is 11.1. The van der Waals surface area contributed by atoms with Crippen molar-refractivity contribution < 1.29 is 9.53 Å². The van der Waals surface area contributed by atoms with Gasteiger partial charge >= 0.3 is 6.03 Å². The zero-order valence-electron chi connectivity index (χ0n) is 13.4. The molecule has 0 bridgehead atoms. The summed E-state index contributed by atoms with van der Waals surface area (Å²) in [4.78, 5) is 11.8. The molecule has 0 heterocycles. The quantitative estimate of drug-likeness (QED) is 0.770. The Morgan fingerprint density at radius 3 is 2.61 bits per heavy atom. The maximum absolute atomic E-state index is 11.8. The van der Waals surface area contributed by atoms with Crippen molar-refractivity contribution in [2.45, 2.75) is 20.3 Å². The topological polar surface area (TPSA) is 50.4 Å². The molecule has 2 amide bonds. The number of hydrogen-bond acceptors (Lipinski definition) is 2. The smallest absolute Gasteiger partial charge is 0.319 e. The summed E-state index contributed by atoms with van der Waals surface area (Å²) in [5.74, 6) is 0.801. The zero-order valence-corrected chi connectivity index (χ0v) is 14.1. The Balaban J connectivity index is 1.73. The van der Waals surface area contributed by atoms with Crippen molar-refractivity contribution in [3.8, 4) is 5.75 Å². The van der Waals surface area contributed by atoms with E-state index in [0.717, 1.165) is 17.7 Å². The number of urea groups is 1. The predicted molar refractivity (Wildman–Crippen MR) is 94.5 cm³/mol. The number of amides is 2. The van der Waals surface area contributed by atoms with Gasteiger partial charge in [-0.15, -0.1) is 0 Å². The van der Waals surface area contributed by atoms with Crippen molar-refractivity contribution in [1.82, 2.24) is 5.32 Å². The molecule has 4 nitrogen and oxygen atoms in total. The van der Waals surface area contributed by atoms with E-state index >= 15 is 0 Å². The third-order valence-corrected chi connectivity index (χ3v) is 3.67. The van der Waals surface area contributed by atoms with Crippen LogP contribution in [-0.2, 0) is 6.42 Å². The molecule has 0 radical (unpaired) electrons. The third kappa shape index (κ3) is 5.49. The molecule has 122 valence electrons. The molecule has 0 saturated heterocycles. The molecule has 0 unspecified atom stereocenters. The van der Waals surface area contributed by atoms with Gasteiger partial charge in [0.05, 0.1) is 6.54 Å². The Morgan fingerprint density at radius 1 is 1.17 bits per heavy atom. The van der Waals surface area contributed by atoms with Gasteiger partial charge in [0.15, 0.2) is 0 Å². The summed E-state index contributed by atoms with van der Waals surface area (Å²) in [6.45, 7) is 4.85. The van der Waals surface area contributed by atoms with E-state index in [1.165, 1.54) is 5.56 Å². The van der Waals surface area contributed by atoms with Crippen LogP contribution >= 0.6 is 11.6 Å². The lowest BCUT2D eigenvalue weighted by Crippen LogP contribution is -2.32. The van der Waals surface area contributed by atoms with Crippen LogP contribution in [0.3, 0.4) is 0 Å². The van der Waals surface area contributed by atoms with Crippen LogP contribution in [0.15, 0.2) is 42.5 Å². The molecule has 0 aliphatic rings. The number of rotatable bonds is 6. The summed E-state index contributed by atoms with van der Waals surface area (Å²) in [6, 6.07) is 13.1. The molecule has 0 atom stereocenters. The summed E-state index contributed by atoms with van der Waals surface area (Å²) in [5, 5.41) is 6.11. The van der Waals surface area contributed by atoms with E-state index < -0.39 is 0 Å². The Morgan fingerprint density at radius 2 is 1.91 bits per heavy atom. The lowest BCUT2D eigenvalue weighted by Gasteiger charge is -2.11. The average Bonchev–Trinajstić information content (AvgIpc) is 2.55. The minimum Gasteiger partial charge on any atom is -0.492 e. The number of halogens is 1. The minimum absolute atomic E-state index is 0.278. The van der Waals surface area contributed by atoms with Crippen LogP contribution in [0, 0.1) is 6.92 Å². The molecular formula is C18H21ClN2O2. The highest BCUT2D eigenvalue weighted by molar-refractivity contribution is 6.31. The molecule has 0 spiro atoms. The van der Waals surface area contributed by atoms with Crippen LogP contribution in [0.25, 0.3) is 0 Å². The summed E-state index contributed by atoms with van der Waals surface area (Å²) in [7, 11) is 0. The predicted octanol–water partition coefficient (Wildman–Crippen LogP) is 4.41. The van der Waals surface area contributed by atoms with E-state index in [1.807, 2.05) is 37.3 Å². The van der Waals surface area contributed by atoms with Crippen molar-refractivity contribution in [3.63, 3.8) is 0 Å². The number of hydrogen-bond donors (Lipinski definition) is 2. The summed E-state index contributed by atoms with van der Waals surface area (Å²) in [5.41, 5.74) is 2.93. The molecule has 5 heteroatoms. The Labute approximate surface area is 141 Å². The van der Waals surface area contributed by atoms with Crippen LogP contribution in [-0.4, -0.2) is 19.2 Å². The first kappa shape index (κ1) is 17.2. The molecule has 2 rings (SSSR count). The molecule has 2 aromatic carbocycles. The molecule has 2 aromatic rings. The maximum atomic E-state index is 11.8. The van der Waals surface area contributed by atoms with Crippen LogP contribution in [0.1, 0.15) is 18.1 Å². The van der Waals surface area contributed by atoms with Gasteiger partial charge in [-0.05, 0) is 48.7 Å². The highest BCUT2D eigenvalue weighted by Gasteiger charge is 2.04. The van der Waals surface area contributed by atoms with E-state index in [2.05, 4.69) is 17.6 Å². The second kappa shape index (κ2) is 8.44. The van der Waals surface area contributed by atoms with Crippen molar-refractivity contribution in [2.75, 3.05) is 18.5 Å². The van der Waals surface area contributed by atoms with E-state index in [-0.39, 0.29) is 6.03 Å². The maximum Gasteiger partial charge on any atom is 0.319 e. The van der Waals surface area contributed by atoms with Crippen molar-refractivity contribution in [2.24, 2.45) is 0 Å². The SMILES string of the molecule is CCc1ccc(OCCNC(=O)Nc2cc(Cl)ccc2C)cc1. The van der Waals surface area contributed by atoms with Crippen molar-refractivity contribution in [3.05, 3.63) is 58.6 Å². The number of ether oxygens (including phenoxy) is 1. The number of nitrogens with one attached hydrogen (secondary N) is 2. The van der Waals surface area contributed by atoms with Crippen LogP contribution in [0.5, 0.6) is 5.75 Å². The van der Waals surface area contributed by atoms with Gasteiger partial charge in [-0.25, -0.2) is 4.79 Å². The van der Waals surface area contributed by atoms with Gasteiger partial charge < -0.3 is 15.4 Å². The summed E-state index contributed by atoms with van der Waals surface area (Å²) in [6.07, 6.45) is 1.00. The van der Waals surface area contributed by atoms with Gasteiger partial charge in [0.1, 0.15) is 12.4 Å². The highest BCUT2D eigenvalue weighted by Crippen LogP contribution is 2.19. The molecule has 23 heavy (non-hydrogen) atoms. The summed E-state index contributed by atoms with van der Waals surface area (Å²) < 4.78 is 5.59. The first-order valence-corrected chi connectivity index (χ1v) is 7.99. The number of benzene rings is 2. The number of carbonyl (C=O) groups excluding carboxylic acids is 1. The molecule has 0 aliphatic carbocycles. The fraction of sp³-hybridized carbons (Fsp3) is 0.278. The second-order valence-corrected chi connectivity index (χ2v) is 5.62. The number of carbonyl (C=O) groups is 1. The van der Waals surface area contributed by atoms with Gasteiger partial charge in [0.2, 0.25) is 0 Å². The lowest BCUT2D eigenvalue weighted by atomic mass is 10.2. The molecule has 0 aromatic heterocycles. The molecule has 2 N–H and O–H groups in total. The highest BCUT2D eigenvalue weighted by atomic mass is 35.5. The monoisotopic (exact) mass is 332 g/mol. The average molecular weight is 333 g/mol. The van der Waals surface area contributed by atoms with Gasteiger partial charge in [0, 0.05) is 10.7 Å². The molecule has 0 fully saturated rings. The Bertz CT molecular complexity index is 657. The standard InChI is InChI=1S/C18H21ClN2O2/c1-3-14-5-8-16(9-6-14)23-11-10-20-18(22)21-17-12-15(19)7-4-13(17)2/h4-9,12H,3,10-11H2,1-2H3,(H2,20,21,22). The van der Waals surface area contributed by atoms with Gasteiger partial charge in [-0.2, -0.15) is 0 Å². The summed E-state index contributed by atoms with van der Waals surface area (Å²) >= 11 is 5.92. The van der Waals surface area contributed by atoms with Crippen LogP contribution in [0.2, 0.25) is 5.02 Å². The molecule has 0 saturated carbocycles. The van der Waals surface area contributed by atoms with E-state index in [0.29, 0.717) is 23.9 Å². The lowest BCUT2D eigenvalue weighted by molar-refractivity contribution is 0.247. The van der Waals surface area contributed by atoms with E-state index in [1.54, 1.807) is 12.1 Å². The molecular weight excluding hydrogens is 312 g/mol. The Hall–Kier alpha value is -2.20. The van der Waals surface area contributed by atoms with Crippen molar-refractivity contribution >= 4 is 23.3 Å². The fourth-order valence-corrected chi connectivity index (χ4v) is 2.22.